The smallest absolute Gasteiger partial charge is 0.230 e. The van der Waals surface area contributed by atoms with E-state index in [4.69, 9.17) is 13.9 Å². The van der Waals surface area contributed by atoms with Gasteiger partial charge in [-0.25, -0.2) is 0 Å². The van der Waals surface area contributed by atoms with Crippen LogP contribution in [0, 0.1) is 0 Å². The lowest BCUT2D eigenvalue weighted by Gasteiger charge is -2.10. The lowest BCUT2D eigenvalue weighted by molar-refractivity contribution is -0.118. The molecule has 2 heterocycles. The number of aromatic nitrogens is 3. The van der Waals surface area contributed by atoms with Gasteiger partial charge in [-0.15, -0.1) is 10.2 Å². The lowest BCUT2D eigenvalue weighted by atomic mass is 10.2. The number of thioether (sulfide) groups is 1. The fourth-order valence-corrected chi connectivity index (χ4v) is 3.47. The van der Waals surface area contributed by atoms with E-state index >= 15 is 0 Å². The molecule has 154 valence electrons. The van der Waals surface area contributed by atoms with Crippen LogP contribution in [0.2, 0.25) is 0 Å². The van der Waals surface area contributed by atoms with Crippen molar-refractivity contribution in [2.75, 3.05) is 33.1 Å². The number of ether oxygens (including phenoxy) is 2. The highest BCUT2D eigenvalue weighted by atomic mass is 32.2. The highest BCUT2D eigenvalue weighted by molar-refractivity contribution is 7.99. The Balaban J connectivity index is 1.76. The lowest BCUT2D eigenvalue weighted by Crippen LogP contribution is -2.27. The van der Waals surface area contributed by atoms with Gasteiger partial charge >= 0.3 is 0 Å². The van der Waals surface area contributed by atoms with Crippen LogP contribution in [0.1, 0.15) is 12.2 Å². The number of hydrogen-bond acceptors (Lipinski definition) is 7. The first kappa shape index (κ1) is 20.9. The zero-order valence-electron chi connectivity index (χ0n) is 16.5. The van der Waals surface area contributed by atoms with Crippen molar-refractivity contribution in [2.45, 2.75) is 18.1 Å². The van der Waals surface area contributed by atoms with Gasteiger partial charge in [0, 0.05) is 25.8 Å². The number of carbonyl (C=O) groups excluding carboxylic acids is 1. The number of rotatable bonds is 11. The van der Waals surface area contributed by atoms with Gasteiger partial charge in [-0.05, 0) is 30.7 Å². The summed E-state index contributed by atoms with van der Waals surface area (Å²) in [5.41, 5.74) is 0.874. The van der Waals surface area contributed by atoms with Gasteiger partial charge in [-0.3, -0.25) is 9.36 Å². The fourth-order valence-electron chi connectivity index (χ4n) is 2.70. The van der Waals surface area contributed by atoms with Crippen molar-refractivity contribution < 1.29 is 18.7 Å². The first-order valence-electron chi connectivity index (χ1n) is 9.19. The fraction of sp³-hybridized carbons (Fsp3) is 0.350. The number of hydrogen-bond donors (Lipinski definition) is 1. The predicted molar refractivity (Wildman–Crippen MR) is 110 cm³/mol. The molecule has 0 fully saturated rings. The number of amides is 1. The molecule has 0 unspecified atom stereocenters. The highest BCUT2D eigenvalue weighted by Gasteiger charge is 2.17. The molecule has 0 spiro atoms. The van der Waals surface area contributed by atoms with E-state index in [0.717, 1.165) is 23.5 Å². The van der Waals surface area contributed by atoms with Gasteiger partial charge in [-0.1, -0.05) is 23.9 Å². The Bertz CT molecular complexity index is 911. The van der Waals surface area contributed by atoms with Crippen molar-refractivity contribution in [2.24, 2.45) is 0 Å². The summed E-state index contributed by atoms with van der Waals surface area (Å²) in [4.78, 5) is 12.1. The largest absolute Gasteiger partial charge is 0.497 e. The van der Waals surface area contributed by atoms with E-state index in [1.54, 1.807) is 20.5 Å². The minimum Gasteiger partial charge on any atom is -0.497 e. The van der Waals surface area contributed by atoms with Crippen molar-refractivity contribution in [1.82, 2.24) is 20.1 Å². The molecule has 0 radical (unpaired) electrons. The number of methoxy groups -OCH3 is 2. The number of nitrogens with one attached hydrogen (secondary N) is 1. The van der Waals surface area contributed by atoms with E-state index in [0.29, 0.717) is 30.7 Å². The molecule has 1 N–H and O–H groups in total. The molecule has 1 amide bonds. The van der Waals surface area contributed by atoms with E-state index in [2.05, 4.69) is 15.5 Å². The summed E-state index contributed by atoms with van der Waals surface area (Å²) in [5, 5.41) is 12.2. The summed E-state index contributed by atoms with van der Waals surface area (Å²) < 4.78 is 17.7. The Kier molecular flexibility index (Phi) is 7.71. The normalized spacial score (nSPS) is 10.8. The summed E-state index contributed by atoms with van der Waals surface area (Å²) in [5.74, 6) is 2.39. The molecule has 9 heteroatoms. The highest BCUT2D eigenvalue weighted by Crippen LogP contribution is 2.27. The SMILES string of the molecule is COCCCNC(=O)CSc1nnc(-c2cccc(OC)c2)n1Cc1ccco1. The average molecular weight is 417 g/mol. The van der Waals surface area contributed by atoms with Crippen LogP contribution in [0.15, 0.2) is 52.2 Å². The second kappa shape index (κ2) is 10.7. The van der Waals surface area contributed by atoms with Crippen LogP contribution in [0.3, 0.4) is 0 Å². The van der Waals surface area contributed by atoms with Crippen molar-refractivity contribution in [1.29, 1.82) is 0 Å². The Morgan fingerprint density at radius 2 is 2.14 bits per heavy atom. The zero-order chi connectivity index (χ0) is 20.5. The molecule has 0 saturated carbocycles. The number of furan rings is 1. The van der Waals surface area contributed by atoms with Gasteiger partial charge in [0.2, 0.25) is 5.91 Å². The maximum absolute atomic E-state index is 12.1. The molecule has 1 aromatic carbocycles. The molecule has 0 aliphatic carbocycles. The zero-order valence-corrected chi connectivity index (χ0v) is 17.3. The molecule has 8 nitrogen and oxygen atoms in total. The standard InChI is InChI=1S/C20H24N4O4S/c1-26-10-5-9-21-18(25)14-29-20-23-22-19(15-6-3-7-16(12-15)27-2)24(20)13-17-8-4-11-28-17/h3-4,6-8,11-12H,5,9-10,13-14H2,1-2H3,(H,21,25). The summed E-state index contributed by atoms with van der Waals surface area (Å²) in [6.45, 7) is 1.67. The van der Waals surface area contributed by atoms with Crippen LogP contribution in [0.4, 0.5) is 0 Å². The first-order chi connectivity index (χ1) is 14.2. The Morgan fingerprint density at radius 1 is 1.24 bits per heavy atom. The molecule has 2 aromatic heterocycles. The summed E-state index contributed by atoms with van der Waals surface area (Å²) >= 11 is 1.34. The Morgan fingerprint density at radius 3 is 2.90 bits per heavy atom. The Labute approximate surface area is 173 Å². The van der Waals surface area contributed by atoms with E-state index in [9.17, 15) is 4.79 Å². The average Bonchev–Trinajstić information content (AvgIpc) is 3.40. The quantitative estimate of drug-likeness (QED) is 0.380. The molecule has 0 atom stereocenters. The summed E-state index contributed by atoms with van der Waals surface area (Å²) in [6, 6.07) is 11.4. The van der Waals surface area contributed by atoms with Gasteiger partial charge < -0.3 is 19.2 Å². The van der Waals surface area contributed by atoms with E-state index in [1.165, 1.54) is 11.8 Å². The second-order valence-corrected chi connectivity index (χ2v) is 7.13. The van der Waals surface area contributed by atoms with Gasteiger partial charge in [0.05, 0.1) is 25.7 Å². The number of carbonyl (C=O) groups is 1. The molecule has 0 bridgehead atoms. The third-order valence-electron chi connectivity index (χ3n) is 4.12. The molecule has 3 rings (SSSR count). The van der Waals surface area contributed by atoms with Crippen molar-refractivity contribution in [3.05, 3.63) is 48.4 Å². The maximum Gasteiger partial charge on any atom is 0.230 e. The topological polar surface area (TPSA) is 91.4 Å². The van der Waals surface area contributed by atoms with Crippen LogP contribution >= 0.6 is 11.8 Å². The number of benzene rings is 1. The monoisotopic (exact) mass is 416 g/mol. The van der Waals surface area contributed by atoms with Crippen molar-refractivity contribution in [3.63, 3.8) is 0 Å². The maximum atomic E-state index is 12.1. The molecule has 29 heavy (non-hydrogen) atoms. The molecule has 3 aromatic rings. The molecule has 0 aliphatic heterocycles. The first-order valence-corrected chi connectivity index (χ1v) is 10.2. The van der Waals surface area contributed by atoms with E-state index in [1.807, 2.05) is 41.0 Å². The second-order valence-electron chi connectivity index (χ2n) is 6.19. The van der Waals surface area contributed by atoms with Crippen molar-refractivity contribution >= 4 is 17.7 Å². The van der Waals surface area contributed by atoms with Gasteiger partial charge in [-0.2, -0.15) is 0 Å². The molecular weight excluding hydrogens is 392 g/mol. The number of nitrogens with zero attached hydrogens (tertiary/aromatic N) is 3. The molecular formula is C20H24N4O4S. The minimum absolute atomic E-state index is 0.0541. The van der Waals surface area contributed by atoms with E-state index in [-0.39, 0.29) is 11.7 Å². The third-order valence-corrected chi connectivity index (χ3v) is 5.09. The van der Waals surface area contributed by atoms with Crippen LogP contribution < -0.4 is 10.1 Å². The van der Waals surface area contributed by atoms with Gasteiger partial charge in [0.15, 0.2) is 11.0 Å². The van der Waals surface area contributed by atoms with Crippen LogP contribution in [-0.4, -0.2) is 53.8 Å². The third kappa shape index (κ3) is 5.85. The predicted octanol–water partition coefficient (Wildman–Crippen LogP) is 2.84. The van der Waals surface area contributed by atoms with Crippen LogP contribution in [0.25, 0.3) is 11.4 Å². The molecule has 0 saturated heterocycles. The Hall–Kier alpha value is -2.78. The van der Waals surface area contributed by atoms with Crippen molar-refractivity contribution in [3.8, 4) is 17.1 Å². The minimum atomic E-state index is -0.0541. The van der Waals surface area contributed by atoms with Gasteiger partial charge in [0.1, 0.15) is 11.5 Å². The van der Waals surface area contributed by atoms with Crippen LogP contribution in [0.5, 0.6) is 5.75 Å². The van der Waals surface area contributed by atoms with E-state index < -0.39 is 0 Å². The summed E-state index contributed by atoms with van der Waals surface area (Å²) in [7, 11) is 3.27. The molecule has 0 aliphatic rings. The van der Waals surface area contributed by atoms with Gasteiger partial charge in [0.25, 0.3) is 0 Å². The van der Waals surface area contributed by atoms with Crippen LogP contribution in [-0.2, 0) is 16.1 Å². The summed E-state index contributed by atoms with van der Waals surface area (Å²) in [6.07, 6.45) is 2.41.